The van der Waals surface area contributed by atoms with Gasteiger partial charge in [-0.1, -0.05) is 12.1 Å². The highest BCUT2D eigenvalue weighted by Gasteiger charge is 2.05. The van der Waals surface area contributed by atoms with Gasteiger partial charge in [0, 0.05) is 18.2 Å². The Morgan fingerprint density at radius 1 is 1.25 bits per heavy atom. The molecule has 0 bridgehead atoms. The van der Waals surface area contributed by atoms with E-state index >= 15 is 0 Å². The van der Waals surface area contributed by atoms with E-state index in [-0.39, 0.29) is 0 Å². The SMILES string of the molecule is CCc1nnc(CSCc2cc(C)on2)o1. The van der Waals surface area contributed by atoms with Crippen molar-refractivity contribution in [3.8, 4) is 0 Å². The van der Waals surface area contributed by atoms with Gasteiger partial charge < -0.3 is 8.94 Å². The van der Waals surface area contributed by atoms with Crippen molar-refractivity contribution in [2.45, 2.75) is 31.8 Å². The molecule has 0 aliphatic carbocycles. The summed E-state index contributed by atoms with van der Waals surface area (Å²) in [6, 6.07) is 1.93. The molecule has 0 aliphatic rings. The van der Waals surface area contributed by atoms with Crippen molar-refractivity contribution in [3.63, 3.8) is 0 Å². The molecule has 6 heteroatoms. The van der Waals surface area contributed by atoms with Crippen LogP contribution in [0.25, 0.3) is 0 Å². The van der Waals surface area contributed by atoms with E-state index < -0.39 is 0 Å². The van der Waals surface area contributed by atoms with E-state index in [1.807, 2.05) is 19.9 Å². The number of hydrogen-bond acceptors (Lipinski definition) is 6. The average Bonchev–Trinajstić information content (AvgIpc) is 2.88. The topological polar surface area (TPSA) is 65.0 Å². The van der Waals surface area contributed by atoms with Crippen molar-refractivity contribution in [2.24, 2.45) is 0 Å². The van der Waals surface area contributed by atoms with E-state index in [0.717, 1.165) is 23.6 Å². The minimum Gasteiger partial charge on any atom is -0.424 e. The molecule has 0 N–H and O–H groups in total. The fourth-order valence-electron chi connectivity index (χ4n) is 1.22. The summed E-state index contributed by atoms with van der Waals surface area (Å²) in [5, 5.41) is 11.7. The van der Waals surface area contributed by atoms with E-state index in [1.54, 1.807) is 11.8 Å². The van der Waals surface area contributed by atoms with Gasteiger partial charge in [0.1, 0.15) is 5.76 Å². The third kappa shape index (κ3) is 2.85. The Kier molecular flexibility index (Phi) is 3.61. The van der Waals surface area contributed by atoms with E-state index in [0.29, 0.717) is 17.5 Å². The fourth-order valence-corrected chi connectivity index (χ4v) is 1.96. The summed E-state index contributed by atoms with van der Waals surface area (Å²) in [5.41, 5.74) is 0.942. The lowest BCUT2D eigenvalue weighted by Crippen LogP contribution is -1.83. The standard InChI is InChI=1S/C10H13N3O2S/c1-3-9-11-12-10(14-9)6-16-5-8-4-7(2)15-13-8/h4H,3,5-6H2,1-2H3. The van der Waals surface area contributed by atoms with Crippen molar-refractivity contribution < 1.29 is 8.94 Å². The lowest BCUT2D eigenvalue weighted by atomic mass is 10.4. The summed E-state index contributed by atoms with van der Waals surface area (Å²) < 4.78 is 10.4. The number of aryl methyl sites for hydroxylation is 2. The maximum Gasteiger partial charge on any atom is 0.226 e. The van der Waals surface area contributed by atoms with Crippen LogP contribution >= 0.6 is 11.8 Å². The number of thioether (sulfide) groups is 1. The van der Waals surface area contributed by atoms with Crippen molar-refractivity contribution in [1.29, 1.82) is 0 Å². The Labute approximate surface area is 97.6 Å². The first kappa shape index (κ1) is 11.2. The first-order valence-corrected chi connectivity index (χ1v) is 6.24. The molecule has 0 aliphatic heterocycles. The van der Waals surface area contributed by atoms with Crippen molar-refractivity contribution in [3.05, 3.63) is 29.3 Å². The van der Waals surface area contributed by atoms with Gasteiger partial charge >= 0.3 is 0 Å². The lowest BCUT2D eigenvalue weighted by molar-refractivity contribution is 0.393. The minimum absolute atomic E-state index is 0.669. The monoisotopic (exact) mass is 239 g/mol. The Hall–Kier alpha value is -1.30. The molecule has 2 aromatic rings. The second-order valence-corrected chi connectivity index (χ2v) is 4.35. The van der Waals surface area contributed by atoms with Crippen LogP contribution in [-0.4, -0.2) is 15.4 Å². The summed E-state index contributed by atoms with van der Waals surface area (Å²) in [6.45, 7) is 3.87. The van der Waals surface area contributed by atoms with E-state index in [9.17, 15) is 0 Å². The molecule has 16 heavy (non-hydrogen) atoms. The molecular formula is C10H13N3O2S. The Morgan fingerprint density at radius 3 is 2.69 bits per heavy atom. The van der Waals surface area contributed by atoms with Gasteiger partial charge in [-0.3, -0.25) is 0 Å². The number of hydrogen-bond donors (Lipinski definition) is 0. The van der Waals surface area contributed by atoms with Gasteiger partial charge in [-0.2, -0.15) is 0 Å². The molecule has 86 valence electrons. The third-order valence-corrected chi connectivity index (χ3v) is 2.91. The molecule has 0 atom stereocenters. The normalized spacial score (nSPS) is 10.9. The summed E-state index contributed by atoms with van der Waals surface area (Å²) in [7, 11) is 0. The molecule has 5 nitrogen and oxygen atoms in total. The van der Waals surface area contributed by atoms with Gasteiger partial charge in [0.15, 0.2) is 0 Å². The van der Waals surface area contributed by atoms with E-state index in [2.05, 4.69) is 15.4 Å². The van der Waals surface area contributed by atoms with Crippen LogP contribution in [0.15, 0.2) is 15.0 Å². The average molecular weight is 239 g/mol. The third-order valence-electron chi connectivity index (χ3n) is 1.96. The van der Waals surface area contributed by atoms with Gasteiger partial charge in [0.05, 0.1) is 11.4 Å². The highest BCUT2D eigenvalue weighted by Crippen LogP contribution is 2.17. The van der Waals surface area contributed by atoms with E-state index in [4.69, 9.17) is 8.94 Å². The smallest absolute Gasteiger partial charge is 0.226 e. The molecule has 0 saturated heterocycles. The Bertz CT molecular complexity index is 452. The quantitative estimate of drug-likeness (QED) is 0.798. The molecule has 0 unspecified atom stereocenters. The van der Waals surface area contributed by atoms with Crippen LogP contribution < -0.4 is 0 Å². The van der Waals surface area contributed by atoms with Gasteiger partial charge in [-0.25, -0.2) is 0 Å². The maximum absolute atomic E-state index is 5.39. The largest absolute Gasteiger partial charge is 0.424 e. The Morgan fingerprint density at radius 2 is 2.06 bits per heavy atom. The summed E-state index contributed by atoms with van der Waals surface area (Å²) in [4.78, 5) is 0. The zero-order valence-corrected chi connectivity index (χ0v) is 10.1. The van der Waals surface area contributed by atoms with Crippen LogP contribution in [0, 0.1) is 6.92 Å². The summed E-state index contributed by atoms with van der Waals surface area (Å²) in [6.07, 6.45) is 0.778. The zero-order chi connectivity index (χ0) is 11.4. The number of aromatic nitrogens is 3. The molecule has 0 saturated carbocycles. The first-order chi connectivity index (χ1) is 7.78. The predicted molar refractivity (Wildman–Crippen MR) is 59.9 cm³/mol. The molecule has 0 radical (unpaired) electrons. The van der Waals surface area contributed by atoms with Gasteiger partial charge in [0.25, 0.3) is 0 Å². The molecule has 0 fully saturated rings. The summed E-state index contributed by atoms with van der Waals surface area (Å²) in [5.74, 6) is 3.69. The van der Waals surface area contributed by atoms with Crippen LogP contribution in [0.3, 0.4) is 0 Å². The molecule has 0 spiro atoms. The molecule has 0 aromatic carbocycles. The van der Waals surface area contributed by atoms with Gasteiger partial charge in [-0.15, -0.1) is 22.0 Å². The highest BCUT2D eigenvalue weighted by atomic mass is 32.2. The molecule has 2 heterocycles. The first-order valence-electron chi connectivity index (χ1n) is 5.09. The Balaban J connectivity index is 1.79. The summed E-state index contributed by atoms with van der Waals surface area (Å²) >= 11 is 1.68. The van der Waals surface area contributed by atoms with Crippen LogP contribution in [0.1, 0.15) is 30.2 Å². The number of rotatable bonds is 5. The zero-order valence-electron chi connectivity index (χ0n) is 9.27. The van der Waals surface area contributed by atoms with Crippen LogP contribution in [-0.2, 0) is 17.9 Å². The van der Waals surface area contributed by atoms with Crippen molar-refractivity contribution in [2.75, 3.05) is 0 Å². The predicted octanol–water partition coefficient (Wildman–Crippen LogP) is 2.36. The van der Waals surface area contributed by atoms with Crippen LogP contribution in [0.4, 0.5) is 0 Å². The minimum atomic E-state index is 0.669. The van der Waals surface area contributed by atoms with E-state index in [1.165, 1.54) is 0 Å². The van der Waals surface area contributed by atoms with Crippen molar-refractivity contribution >= 4 is 11.8 Å². The molecule has 2 aromatic heterocycles. The highest BCUT2D eigenvalue weighted by molar-refractivity contribution is 7.97. The lowest BCUT2D eigenvalue weighted by Gasteiger charge is -1.92. The van der Waals surface area contributed by atoms with Crippen molar-refractivity contribution in [1.82, 2.24) is 15.4 Å². The van der Waals surface area contributed by atoms with Gasteiger partial charge in [-0.05, 0) is 6.92 Å². The molecule has 2 rings (SSSR count). The second-order valence-electron chi connectivity index (χ2n) is 3.36. The molecular weight excluding hydrogens is 226 g/mol. The molecule has 0 amide bonds. The maximum atomic E-state index is 5.39. The van der Waals surface area contributed by atoms with Gasteiger partial charge in [0.2, 0.25) is 11.8 Å². The van der Waals surface area contributed by atoms with Crippen LogP contribution in [0.5, 0.6) is 0 Å². The fraction of sp³-hybridized carbons (Fsp3) is 0.500. The van der Waals surface area contributed by atoms with Crippen LogP contribution in [0.2, 0.25) is 0 Å². The second kappa shape index (κ2) is 5.16. The number of nitrogens with zero attached hydrogens (tertiary/aromatic N) is 3.